The zero-order valence-corrected chi connectivity index (χ0v) is 13.0. The maximum absolute atomic E-state index is 12.0. The molecule has 5 nitrogen and oxygen atoms in total. The molecular weight excluding hydrogens is 334 g/mol. The smallest absolute Gasteiger partial charge is 0.273 e. The van der Waals surface area contributed by atoms with E-state index in [-0.39, 0.29) is 11.9 Å². The molecule has 0 radical (unpaired) electrons. The Balaban J connectivity index is 1.59. The van der Waals surface area contributed by atoms with Crippen LogP contribution in [0.3, 0.4) is 0 Å². The van der Waals surface area contributed by atoms with E-state index in [1.807, 2.05) is 24.3 Å². The zero-order valence-electron chi connectivity index (χ0n) is 11.4. The molecule has 2 heterocycles. The fraction of sp³-hybridized carbons (Fsp3) is 0.333. The molecule has 0 spiro atoms. The average Bonchev–Trinajstić information content (AvgIpc) is 3.17. The van der Waals surface area contributed by atoms with Crippen molar-refractivity contribution in [3.8, 4) is 0 Å². The number of aromatic nitrogens is 1. The normalized spacial score (nSPS) is 17.9. The van der Waals surface area contributed by atoms with Gasteiger partial charge in [-0.2, -0.15) is 0 Å². The summed E-state index contributed by atoms with van der Waals surface area (Å²) < 4.78 is 6.41. The van der Waals surface area contributed by atoms with Crippen LogP contribution < -0.4 is 10.6 Å². The Kier molecular flexibility index (Phi) is 4.36. The van der Waals surface area contributed by atoms with E-state index >= 15 is 0 Å². The van der Waals surface area contributed by atoms with Gasteiger partial charge in [0, 0.05) is 11.0 Å². The second-order valence-electron chi connectivity index (χ2n) is 5.03. The minimum absolute atomic E-state index is 0.137. The average molecular weight is 350 g/mol. The Morgan fingerprint density at radius 2 is 2.24 bits per heavy atom. The number of benzene rings is 1. The minimum atomic E-state index is -0.217. The quantitative estimate of drug-likeness (QED) is 0.890. The highest BCUT2D eigenvalue weighted by Gasteiger charge is 2.22. The molecule has 3 rings (SSSR count). The van der Waals surface area contributed by atoms with E-state index in [1.165, 1.54) is 6.26 Å². The SMILES string of the molecule is O=C(NCc1ccc(Br)cc1)c1coc(C2CCCN2)n1. The second kappa shape index (κ2) is 6.41. The summed E-state index contributed by atoms with van der Waals surface area (Å²) in [5, 5.41) is 6.14. The van der Waals surface area contributed by atoms with Gasteiger partial charge >= 0.3 is 0 Å². The van der Waals surface area contributed by atoms with Gasteiger partial charge in [-0.25, -0.2) is 4.98 Å². The highest BCUT2D eigenvalue weighted by atomic mass is 79.9. The molecular formula is C15H16BrN3O2. The van der Waals surface area contributed by atoms with Crippen LogP contribution in [0, 0.1) is 0 Å². The van der Waals surface area contributed by atoms with E-state index in [9.17, 15) is 4.79 Å². The van der Waals surface area contributed by atoms with Crippen LogP contribution in [0.2, 0.25) is 0 Å². The Morgan fingerprint density at radius 3 is 2.95 bits per heavy atom. The van der Waals surface area contributed by atoms with Gasteiger partial charge in [-0.3, -0.25) is 4.79 Å². The van der Waals surface area contributed by atoms with Crippen molar-refractivity contribution in [2.75, 3.05) is 6.54 Å². The number of nitrogens with one attached hydrogen (secondary N) is 2. The zero-order chi connectivity index (χ0) is 14.7. The molecule has 1 fully saturated rings. The number of hydrogen-bond acceptors (Lipinski definition) is 4. The Bertz CT molecular complexity index is 618. The third kappa shape index (κ3) is 3.51. The molecule has 0 saturated carbocycles. The molecule has 6 heteroatoms. The molecule has 1 saturated heterocycles. The molecule has 1 aromatic heterocycles. The van der Waals surface area contributed by atoms with Gasteiger partial charge in [-0.15, -0.1) is 0 Å². The van der Waals surface area contributed by atoms with Crippen molar-refractivity contribution < 1.29 is 9.21 Å². The Labute approximate surface area is 131 Å². The lowest BCUT2D eigenvalue weighted by Crippen LogP contribution is -2.23. The molecule has 1 aliphatic heterocycles. The fourth-order valence-electron chi connectivity index (χ4n) is 2.32. The maximum atomic E-state index is 12.0. The van der Waals surface area contributed by atoms with Crippen LogP contribution in [0.4, 0.5) is 0 Å². The number of rotatable bonds is 4. The molecule has 0 aliphatic carbocycles. The lowest BCUT2D eigenvalue weighted by molar-refractivity contribution is 0.0946. The van der Waals surface area contributed by atoms with E-state index < -0.39 is 0 Å². The summed E-state index contributed by atoms with van der Waals surface area (Å²) in [6, 6.07) is 7.95. The van der Waals surface area contributed by atoms with Crippen LogP contribution in [-0.2, 0) is 6.54 Å². The third-order valence-corrected chi connectivity index (χ3v) is 4.01. The van der Waals surface area contributed by atoms with E-state index in [4.69, 9.17) is 4.42 Å². The summed E-state index contributed by atoms with van der Waals surface area (Å²) in [6.07, 6.45) is 3.53. The number of halogens is 1. The van der Waals surface area contributed by atoms with E-state index in [0.29, 0.717) is 18.1 Å². The highest BCUT2D eigenvalue weighted by molar-refractivity contribution is 9.10. The molecule has 0 bridgehead atoms. The van der Waals surface area contributed by atoms with Crippen LogP contribution in [-0.4, -0.2) is 17.4 Å². The lowest BCUT2D eigenvalue weighted by Gasteiger charge is -2.04. The number of amides is 1. The van der Waals surface area contributed by atoms with E-state index in [2.05, 4.69) is 31.5 Å². The van der Waals surface area contributed by atoms with Crippen molar-refractivity contribution in [3.63, 3.8) is 0 Å². The highest BCUT2D eigenvalue weighted by Crippen LogP contribution is 2.22. The summed E-state index contributed by atoms with van der Waals surface area (Å²) in [5.74, 6) is 0.382. The number of nitrogens with zero attached hydrogens (tertiary/aromatic N) is 1. The Morgan fingerprint density at radius 1 is 1.43 bits per heavy atom. The van der Waals surface area contributed by atoms with Crippen LogP contribution in [0.25, 0.3) is 0 Å². The number of carbonyl (C=O) groups is 1. The van der Waals surface area contributed by atoms with Gasteiger partial charge in [0.2, 0.25) is 5.89 Å². The largest absolute Gasteiger partial charge is 0.446 e. The summed E-state index contributed by atoms with van der Waals surface area (Å²) in [7, 11) is 0. The van der Waals surface area contributed by atoms with Gasteiger partial charge in [-0.05, 0) is 37.1 Å². The molecule has 1 unspecified atom stereocenters. The lowest BCUT2D eigenvalue weighted by atomic mass is 10.2. The van der Waals surface area contributed by atoms with Crippen molar-refractivity contribution >= 4 is 21.8 Å². The molecule has 1 aliphatic rings. The summed E-state index contributed by atoms with van der Waals surface area (Å²) in [6.45, 7) is 1.44. The van der Waals surface area contributed by atoms with Gasteiger partial charge in [0.05, 0.1) is 6.04 Å². The van der Waals surface area contributed by atoms with Crippen LogP contribution in [0.5, 0.6) is 0 Å². The van der Waals surface area contributed by atoms with Crippen molar-refractivity contribution in [1.82, 2.24) is 15.6 Å². The van der Waals surface area contributed by atoms with E-state index in [0.717, 1.165) is 29.4 Å². The summed E-state index contributed by atoms with van der Waals surface area (Å²) >= 11 is 3.38. The van der Waals surface area contributed by atoms with E-state index in [1.54, 1.807) is 0 Å². The van der Waals surface area contributed by atoms with Crippen molar-refractivity contribution in [2.24, 2.45) is 0 Å². The van der Waals surface area contributed by atoms with Crippen LogP contribution >= 0.6 is 15.9 Å². The van der Waals surface area contributed by atoms with Gasteiger partial charge in [0.25, 0.3) is 5.91 Å². The standard InChI is InChI=1S/C15H16BrN3O2/c16-11-5-3-10(4-6-11)8-18-14(20)13-9-21-15(19-13)12-2-1-7-17-12/h3-6,9,12,17H,1-2,7-8H2,(H,18,20). The topological polar surface area (TPSA) is 67.2 Å². The minimum Gasteiger partial charge on any atom is -0.446 e. The predicted octanol–water partition coefficient (Wildman–Crippen LogP) is 2.79. The first-order valence-electron chi connectivity index (χ1n) is 6.94. The van der Waals surface area contributed by atoms with Gasteiger partial charge in [0.1, 0.15) is 6.26 Å². The molecule has 21 heavy (non-hydrogen) atoms. The van der Waals surface area contributed by atoms with Gasteiger partial charge in [0.15, 0.2) is 5.69 Å². The maximum Gasteiger partial charge on any atom is 0.273 e. The predicted molar refractivity (Wildman–Crippen MR) is 81.8 cm³/mol. The van der Waals surface area contributed by atoms with Gasteiger partial charge in [-0.1, -0.05) is 28.1 Å². The van der Waals surface area contributed by atoms with Crippen molar-refractivity contribution in [2.45, 2.75) is 25.4 Å². The first kappa shape index (κ1) is 14.3. The summed E-state index contributed by atoms with van der Waals surface area (Å²) in [5.41, 5.74) is 1.36. The molecule has 1 amide bonds. The first-order valence-corrected chi connectivity index (χ1v) is 7.73. The fourth-order valence-corrected chi connectivity index (χ4v) is 2.59. The van der Waals surface area contributed by atoms with Crippen LogP contribution in [0.1, 0.15) is 40.8 Å². The van der Waals surface area contributed by atoms with Crippen molar-refractivity contribution in [1.29, 1.82) is 0 Å². The van der Waals surface area contributed by atoms with Crippen LogP contribution in [0.15, 0.2) is 39.4 Å². The molecule has 1 atom stereocenters. The van der Waals surface area contributed by atoms with Crippen molar-refractivity contribution in [3.05, 3.63) is 52.1 Å². The molecule has 2 aromatic rings. The summed E-state index contributed by atoms with van der Waals surface area (Å²) in [4.78, 5) is 16.3. The second-order valence-corrected chi connectivity index (χ2v) is 5.94. The van der Waals surface area contributed by atoms with Gasteiger partial charge < -0.3 is 15.1 Å². The Hall–Kier alpha value is -1.66. The monoisotopic (exact) mass is 349 g/mol. The molecule has 110 valence electrons. The molecule has 2 N–H and O–H groups in total. The number of carbonyl (C=O) groups excluding carboxylic acids is 1. The number of hydrogen-bond donors (Lipinski definition) is 2. The third-order valence-electron chi connectivity index (χ3n) is 3.48. The molecule has 1 aromatic carbocycles. The first-order chi connectivity index (χ1) is 10.2. The number of oxazole rings is 1.